The van der Waals surface area contributed by atoms with Gasteiger partial charge in [-0.3, -0.25) is 4.79 Å². The van der Waals surface area contributed by atoms with Gasteiger partial charge in [0, 0.05) is 6.42 Å². The molecule has 0 saturated carbocycles. The predicted octanol–water partition coefficient (Wildman–Crippen LogP) is 4.09. The van der Waals surface area contributed by atoms with Crippen molar-refractivity contribution in [1.82, 2.24) is 0 Å². The molecule has 8 heteroatoms. The highest BCUT2D eigenvalue weighted by atomic mass is 32.2. The van der Waals surface area contributed by atoms with Crippen molar-refractivity contribution in [2.24, 2.45) is 0 Å². The van der Waals surface area contributed by atoms with E-state index in [1.54, 1.807) is 6.92 Å². The first kappa shape index (κ1) is 22.2. The molecular formula is C19H27BF2O4S. The second-order valence-electron chi connectivity index (χ2n) is 7.51. The molecule has 0 atom stereocenters. The van der Waals surface area contributed by atoms with Crippen LogP contribution in [0.15, 0.2) is 17.0 Å². The normalized spacial score (nSPS) is 18.0. The lowest BCUT2D eigenvalue weighted by molar-refractivity contribution is -0.143. The minimum Gasteiger partial charge on any atom is -0.466 e. The fourth-order valence-electron chi connectivity index (χ4n) is 2.61. The van der Waals surface area contributed by atoms with Gasteiger partial charge in [-0.05, 0) is 70.8 Å². The van der Waals surface area contributed by atoms with E-state index in [2.05, 4.69) is 0 Å². The molecule has 1 aliphatic heterocycles. The Balaban J connectivity index is 1.94. The van der Waals surface area contributed by atoms with Crippen LogP contribution in [0.25, 0.3) is 0 Å². The number of esters is 1. The summed E-state index contributed by atoms with van der Waals surface area (Å²) in [4.78, 5) is 11.2. The van der Waals surface area contributed by atoms with Crippen LogP contribution in [-0.2, 0) is 18.8 Å². The lowest BCUT2D eigenvalue weighted by Crippen LogP contribution is -2.41. The first-order valence-corrected chi connectivity index (χ1v) is 10.2. The average molecular weight is 400 g/mol. The lowest BCUT2D eigenvalue weighted by Gasteiger charge is -2.32. The van der Waals surface area contributed by atoms with Crippen molar-refractivity contribution in [3.05, 3.63) is 23.8 Å². The zero-order chi connectivity index (χ0) is 20.2. The molecule has 0 bridgehead atoms. The number of unbranched alkanes of at least 4 members (excludes halogenated alkanes) is 1. The van der Waals surface area contributed by atoms with Crippen molar-refractivity contribution in [1.29, 1.82) is 0 Å². The van der Waals surface area contributed by atoms with Crippen LogP contribution in [0.1, 0.15) is 53.9 Å². The summed E-state index contributed by atoms with van der Waals surface area (Å²) in [6.45, 7) is 9.67. The quantitative estimate of drug-likeness (QED) is 0.285. The van der Waals surface area contributed by atoms with Crippen molar-refractivity contribution in [2.75, 3.05) is 12.4 Å². The maximum absolute atomic E-state index is 14.4. The van der Waals surface area contributed by atoms with Crippen molar-refractivity contribution in [2.45, 2.75) is 70.0 Å². The average Bonchev–Trinajstić information content (AvgIpc) is 2.77. The Hall–Kier alpha value is -1.12. The minimum absolute atomic E-state index is 0.0218. The van der Waals surface area contributed by atoms with Gasteiger partial charge in [0.1, 0.15) is 11.6 Å². The number of ether oxygens (including phenoxy) is 1. The molecule has 0 amide bonds. The van der Waals surface area contributed by atoms with Crippen LogP contribution in [0.3, 0.4) is 0 Å². The smallest absolute Gasteiger partial charge is 0.466 e. The first-order chi connectivity index (χ1) is 12.6. The van der Waals surface area contributed by atoms with Crippen molar-refractivity contribution < 1.29 is 27.6 Å². The predicted molar refractivity (Wildman–Crippen MR) is 103 cm³/mol. The molecule has 0 unspecified atom stereocenters. The topological polar surface area (TPSA) is 44.8 Å². The Morgan fingerprint density at radius 2 is 1.67 bits per heavy atom. The van der Waals surface area contributed by atoms with Gasteiger partial charge in [0.15, 0.2) is 0 Å². The van der Waals surface area contributed by atoms with Crippen LogP contribution in [0.4, 0.5) is 8.78 Å². The highest BCUT2D eigenvalue weighted by molar-refractivity contribution is 7.99. The second kappa shape index (κ2) is 8.92. The number of benzene rings is 1. The number of rotatable bonds is 8. The van der Waals surface area contributed by atoms with E-state index < -0.39 is 30.0 Å². The number of hydrogen-bond acceptors (Lipinski definition) is 5. The lowest BCUT2D eigenvalue weighted by atomic mass is 9.79. The molecule has 4 nitrogen and oxygen atoms in total. The Morgan fingerprint density at radius 3 is 2.19 bits per heavy atom. The van der Waals surface area contributed by atoms with E-state index in [9.17, 15) is 13.6 Å². The third-order valence-corrected chi connectivity index (χ3v) is 6.04. The summed E-state index contributed by atoms with van der Waals surface area (Å²) < 4.78 is 45.4. The molecule has 27 heavy (non-hydrogen) atoms. The summed E-state index contributed by atoms with van der Waals surface area (Å²) >= 11 is 1.11. The largest absolute Gasteiger partial charge is 0.495 e. The van der Waals surface area contributed by atoms with Crippen LogP contribution in [-0.4, -0.2) is 36.6 Å². The van der Waals surface area contributed by atoms with E-state index in [4.69, 9.17) is 14.0 Å². The molecule has 0 N–H and O–H groups in total. The van der Waals surface area contributed by atoms with E-state index in [0.717, 1.165) is 11.8 Å². The van der Waals surface area contributed by atoms with Gasteiger partial charge in [-0.1, -0.05) is 0 Å². The Kier molecular flexibility index (Phi) is 7.33. The number of halogens is 2. The number of carbonyl (C=O) groups excluding carboxylic acids is 1. The Labute approximate surface area is 164 Å². The second-order valence-corrected chi connectivity index (χ2v) is 8.62. The van der Waals surface area contributed by atoms with Gasteiger partial charge in [-0.25, -0.2) is 8.78 Å². The fourth-order valence-corrected chi connectivity index (χ4v) is 3.56. The Bertz CT molecular complexity index is 643. The monoisotopic (exact) mass is 400 g/mol. The van der Waals surface area contributed by atoms with E-state index >= 15 is 0 Å². The summed E-state index contributed by atoms with van der Waals surface area (Å²) in [5.41, 5.74) is -0.816. The molecular weight excluding hydrogens is 373 g/mol. The van der Waals surface area contributed by atoms with Gasteiger partial charge in [0.25, 0.3) is 0 Å². The molecule has 150 valence electrons. The Morgan fingerprint density at radius 1 is 1.11 bits per heavy atom. The molecule has 0 radical (unpaired) electrons. The molecule has 0 aromatic heterocycles. The van der Waals surface area contributed by atoms with Crippen LogP contribution in [0.2, 0.25) is 0 Å². The highest BCUT2D eigenvalue weighted by Gasteiger charge is 2.52. The van der Waals surface area contributed by atoms with Crippen LogP contribution < -0.4 is 5.46 Å². The van der Waals surface area contributed by atoms with Crippen molar-refractivity contribution in [3.63, 3.8) is 0 Å². The molecule has 0 spiro atoms. The number of hydrogen-bond donors (Lipinski definition) is 0. The summed E-state index contributed by atoms with van der Waals surface area (Å²) in [6, 6.07) is 2.54. The third kappa shape index (κ3) is 5.45. The van der Waals surface area contributed by atoms with E-state index in [0.29, 0.717) is 37.1 Å². The van der Waals surface area contributed by atoms with E-state index in [-0.39, 0.29) is 10.9 Å². The summed E-state index contributed by atoms with van der Waals surface area (Å²) in [7, 11) is -0.803. The van der Waals surface area contributed by atoms with Crippen molar-refractivity contribution >= 4 is 30.3 Å². The molecule has 2 rings (SSSR count). The zero-order valence-corrected chi connectivity index (χ0v) is 17.4. The molecule has 1 aromatic carbocycles. The van der Waals surface area contributed by atoms with Crippen LogP contribution >= 0.6 is 11.8 Å². The maximum Gasteiger partial charge on any atom is 0.495 e. The van der Waals surface area contributed by atoms with Gasteiger partial charge in [-0.15, -0.1) is 11.8 Å². The highest BCUT2D eigenvalue weighted by Crippen LogP contribution is 2.37. The van der Waals surface area contributed by atoms with Gasteiger partial charge >= 0.3 is 13.1 Å². The van der Waals surface area contributed by atoms with Gasteiger partial charge < -0.3 is 14.0 Å². The molecule has 1 saturated heterocycles. The van der Waals surface area contributed by atoms with E-state index in [1.807, 2.05) is 27.7 Å². The van der Waals surface area contributed by atoms with E-state index in [1.165, 1.54) is 12.1 Å². The summed E-state index contributed by atoms with van der Waals surface area (Å²) in [5, 5.41) is 0. The molecule has 1 heterocycles. The zero-order valence-electron chi connectivity index (χ0n) is 16.6. The third-order valence-electron chi connectivity index (χ3n) is 4.87. The van der Waals surface area contributed by atoms with Crippen LogP contribution in [0.5, 0.6) is 0 Å². The minimum atomic E-state index is -0.803. The maximum atomic E-state index is 14.4. The standard InChI is InChI=1S/C19H27BF2O4S/c1-6-24-16(23)9-7-8-10-27-17-14(21)11-13(12-15(17)22)20-25-18(2,3)19(4,5)26-20/h11-12H,6-10H2,1-5H3. The van der Waals surface area contributed by atoms with Gasteiger partial charge in [-0.2, -0.15) is 0 Å². The number of thioether (sulfide) groups is 1. The fraction of sp³-hybridized carbons (Fsp3) is 0.632. The molecule has 1 fully saturated rings. The molecule has 1 aromatic rings. The van der Waals surface area contributed by atoms with Crippen LogP contribution in [0, 0.1) is 11.6 Å². The van der Waals surface area contributed by atoms with Gasteiger partial charge in [0.05, 0.1) is 22.7 Å². The summed E-state index contributed by atoms with van der Waals surface area (Å²) in [6.07, 6.45) is 1.61. The number of carbonyl (C=O) groups is 1. The summed E-state index contributed by atoms with van der Waals surface area (Å²) in [5.74, 6) is -0.986. The SMILES string of the molecule is CCOC(=O)CCCCSc1c(F)cc(B2OC(C)(C)C(C)(C)O2)cc1F. The molecule has 0 aliphatic carbocycles. The molecule has 1 aliphatic rings. The van der Waals surface area contributed by atoms with Gasteiger partial charge in [0.2, 0.25) is 0 Å². The van der Waals surface area contributed by atoms with Crippen molar-refractivity contribution in [3.8, 4) is 0 Å². The first-order valence-electron chi connectivity index (χ1n) is 9.20.